The van der Waals surface area contributed by atoms with Gasteiger partial charge in [0, 0.05) is 51.0 Å². The quantitative estimate of drug-likeness (QED) is 0.883. The number of nitrogens with one attached hydrogen (secondary N) is 1. The van der Waals surface area contributed by atoms with Crippen LogP contribution in [0, 0.1) is 0 Å². The van der Waals surface area contributed by atoms with Crippen molar-refractivity contribution in [2.45, 2.75) is 31.2 Å². The van der Waals surface area contributed by atoms with Gasteiger partial charge in [0.25, 0.3) is 5.91 Å². The number of H-pyrrole nitrogens is 1. The number of carbonyl (C=O) groups is 2. The van der Waals surface area contributed by atoms with Crippen LogP contribution in [0.2, 0.25) is 0 Å². The highest BCUT2D eigenvalue weighted by Gasteiger charge is 2.33. The number of likely N-dealkylation sites (tertiary alicyclic amines) is 1. The van der Waals surface area contributed by atoms with Crippen molar-refractivity contribution in [1.29, 1.82) is 0 Å². The van der Waals surface area contributed by atoms with Gasteiger partial charge in [0.2, 0.25) is 0 Å². The van der Waals surface area contributed by atoms with Crippen molar-refractivity contribution in [2.24, 2.45) is 0 Å². The van der Waals surface area contributed by atoms with E-state index in [4.69, 9.17) is 0 Å². The van der Waals surface area contributed by atoms with E-state index in [1.54, 1.807) is 23.0 Å². The van der Waals surface area contributed by atoms with Crippen LogP contribution in [-0.4, -0.2) is 74.9 Å². The highest BCUT2D eigenvalue weighted by Crippen LogP contribution is 2.39. The van der Waals surface area contributed by atoms with Gasteiger partial charge < -0.3 is 9.80 Å². The molecule has 0 bridgehead atoms. The summed E-state index contributed by atoms with van der Waals surface area (Å²) in [7, 11) is 1.80. The topological polar surface area (TPSA) is 90.4 Å². The second-order valence-electron chi connectivity index (χ2n) is 7.71. The molecule has 2 aliphatic heterocycles. The van der Waals surface area contributed by atoms with Crippen LogP contribution in [-0.2, 0) is 0 Å². The Bertz CT molecular complexity index is 884. The summed E-state index contributed by atoms with van der Waals surface area (Å²) in [6.45, 7) is 2.70. The van der Waals surface area contributed by atoms with Gasteiger partial charge in [-0.3, -0.25) is 19.5 Å². The molecule has 1 atom stereocenters. The minimum Gasteiger partial charge on any atom is -0.335 e. The molecular weight excluding hydrogens is 346 g/mol. The summed E-state index contributed by atoms with van der Waals surface area (Å²) in [5, 5.41) is 11.7. The SMILES string of the molecule is CN1CCN(c2cnn(C3CCN(C(=O)c4cc(C5CC5)[nH]n4)C3)c2)C1=O. The summed E-state index contributed by atoms with van der Waals surface area (Å²) in [5.41, 5.74) is 2.39. The lowest BCUT2D eigenvalue weighted by molar-refractivity contribution is 0.0781. The standard InChI is InChI=1S/C18H23N7O2/c1-22-6-7-24(18(22)27)14-9-19-25(11-14)13-4-5-23(10-13)17(26)16-8-15(20-21-16)12-2-3-12/h8-9,11-13H,2-7,10H2,1H3,(H,20,21). The first kappa shape index (κ1) is 16.3. The number of anilines is 1. The normalized spacial score (nSPS) is 22.9. The van der Waals surface area contributed by atoms with Gasteiger partial charge in [-0.1, -0.05) is 0 Å². The molecule has 1 aliphatic carbocycles. The number of hydrogen-bond donors (Lipinski definition) is 1. The monoisotopic (exact) mass is 369 g/mol. The molecule has 9 heteroatoms. The van der Waals surface area contributed by atoms with Crippen LogP contribution in [0.3, 0.4) is 0 Å². The Balaban J connectivity index is 1.25. The van der Waals surface area contributed by atoms with Crippen LogP contribution in [0.5, 0.6) is 0 Å². The fourth-order valence-electron chi connectivity index (χ4n) is 3.91. The Hall–Kier alpha value is -2.84. The van der Waals surface area contributed by atoms with E-state index < -0.39 is 0 Å². The zero-order chi connectivity index (χ0) is 18.5. The van der Waals surface area contributed by atoms with Crippen molar-refractivity contribution < 1.29 is 9.59 Å². The number of likely N-dealkylation sites (N-methyl/N-ethyl adjacent to an activating group) is 1. The number of amides is 3. The summed E-state index contributed by atoms with van der Waals surface area (Å²) in [6.07, 6.45) is 6.85. The van der Waals surface area contributed by atoms with Crippen LogP contribution in [0.4, 0.5) is 10.5 Å². The van der Waals surface area contributed by atoms with Crippen molar-refractivity contribution in [3.8, 4) is 0 Å². The first-order valence-corrected chi connectivity index (χ1v) is 9.51. The van der Waals surface area contributed by atoms with Gasteiger partial charge in [0.1, 0.15) is 5.69 Å². The maximum absolute atomic E-state index is 12.7. The third-order valence-electron chi connectivity index (χ3n) is 5.77. The largest absolute Gasteiger partial charge is 0.335 e. The lowest BCUT2D eigenvalue weighted by atomic mass is 10.2. The Morgan fingerprint density at radius 1 is 1.22 bits per heavy atom. The third kappa shape index (κ3) is 2.87. The number of hydrogen-bond acceptors (Lipinski definition) is 4. The summed E-state index contributed by atoms with van der Waals surface area (Å²) in [5.74, 6) is 0.532. The fraction of sp³-hybridized carbons (Fsp3) is 0.556. The first-order chi connectivity index (χ1) is 13.1. The minimum absolute atomic E-state index is 0.00257. The third-order valence-corrected chi connectivity index (χ3v) is 5.77. The molecule has 4 heterocycles. The molecule has 0 aromatic carbocycles. The van der Waals surface area contributed by atoms with Crippen LogP contribution in [0.15, 0.2) is 18.5 Å². The Morgan fingerprint density at radius 3 is 2.81 bits per heavy atom. The van der Waals surface area contributed by atoms with Crippen molar-refractivity contribution >= 4 is 17.6 Å². The van der Waals surface area contributed by atoms with Crippen LogP contribution in [0.1, 0.15) is 47.4 Å². The van der Waals surface area contributed by atoms with E-state index in [0.717, 1.165) is 24.3 Å². The predicted octanol–water partition coefficient (Wildman–Crippen LogP) is 1.44. The smallest absolute Gasteiger partial charge is 0.324 e. The van der Waals surface area contributed by atoms with E-state index in [1.807, 2.05) is 21.8 Å². The highest BCUT2D eigenvalue weighted by atomic mass is 16.2. The molecule has 27 heavy (non-hydrogen) atoms. The van der Waals surface area contributed by atoms with Crippen molar-refractivity contribution in [1.82, 2.24) is 29.8 Å². The fourth-order valence-corrected chi connectivity index (χ4v) is 3.91. The van der Waals surface area contributed by atoms with E-state index in [0.29, 0.717) is 31.2 Å². The maximum Gasteiger partial charge on any atom is 0.324 e. The van der Waals surface area contributed by atoms with Crippen molar-refractivity contribution in [3.05, 3.63) is 29.8 Å². The van der Waals surface area contributed by atoms with Gasteiger partial charge >= 0.3 is 6.03 Å². The molecule has 3 fully saturated rings. The van der Waals surface area contributed by atoms with E-state index >= 15 is 0 Å². The number of nitrogens with zero attached hydrogens (tertiary/aromatic N) is 6. The molecule has 9 nitrogen and oxygen atoms in total. The molecule has 1 N–H and O–H groups in total. The first-order valence-electron chi connectivity index (χ1n) is 9.51. The van der Waals surface area contributed by atoms with E-state index in [9.17, 15) is 9.59 Å². The summed E-state index contributed by atoms with van der Waals surface area (Å²) in [6, 6.07) is 2.03. The molecule has 2 aromatic rings. The number of aromatic amines is 1. The molecule has 2 aromatic heterocycles. The number of aromatic nitrogens is 4. The van der Waals surface area contributed by atoms with Gasteiger partial charge in [0.05, 0.1) is 17.9 Å². The average molecular weight is 369 g/mol. The zero-order valence-corrected chi connectivity index (χ0v) is 15.3. The van der Waals surface area contributed by atoms with Crippen LogP contribution < -0.4 is 4.90 Å². The lowest BCUT2D eigenvalue weighted by Crippen LogP contribution is -2.29. The van der Waals surface area contributed by atoms with E-state index in [2.05, 4.69) is 15.3 Å². The van der Waals surface area contributed by atoms with Gasteiger partial charge in [-0.05, 0) is 25.3 Å². The Kier molecular flexibility index (Phi) is 3.70. The lowest BCUT2D eigenvalue weighted by Gasteiger charge is -2.16. The average Bonchev–Trinajstić information content (AvgIpc) is 3.10. The molecule has 0 radical (unpaired) electrons. The van der Waals surface area contributed by atoms with Crippen LogP contribution >= 0.6 is 0 Å². The Morgan fingerprint density at radius 2 is 2.07 bits per heavy atom. The number of carbonyl (C=O) groups excluding carboxylic acids is 2. The minimum atomic E-state index is -0.0237. The molecule has 0 spiro atoms. The summed E-state index contributed by atoms with van der Waals surface area (Å²) >= 11 is 0. The van der Waals surface area contributed by atoms with E-state index in [1.165, 1.54) is 12.8 Å². The van der Waals surface area contributed by atoms with Gasteiger partial charge in [0.15, 0.2) is 0 Å². The summed E-state index contributed by atoms with van der Waals surface area (Å²) < 4.78 is 1.88. The predicted molar refractivity (Wildman–Crippen MR) is 97.7 cm³/mol. The van der Waals surface area contributed by atoms with Crippen molar-refractivity contribution in [2.75, 3.05) is 38.1 Å². The molecule has 3 amide bonds. The van der Waals surface area contributed by atoms with Gasteiger partial charge in [-0.15, -0.1) is 0 Å². The molecule has 2 saturated heterocycles. The van der Waals surface area contributed by atoms with Crippen LogP contribution in [0.25, 0.3) is 0 Å². The number of rotatable bonds is 4. The second-order valence-corrected chi connectivity index (χ2v) is 7.71. The molecule has 1 unspecified atom stereocenters. The Labute approximate surface area is 156 Å². The second kappa shape index (κ2) is 6.11. The van der Waals surface area contributed by atoms with Gasteiger partial charge in [-0.2, -0.15) is 10.2 Å². The molecule has 5 rings (SSSR count). The summed E-state index contributed by atoms with van der Waals surface area (Å²) in [4.78, 5) is 30.2. The number of urea groups is 1. The van der Waals surface area contributed by atoms with E-state index in [-0.39, 0.29) is 18.0 Å². The molecule has 142 valence electrons. The zero-order valence-electron chi connectivity index (χ0n) is 15.3. The van der Waals surface area contributed by atoms with Gasteiger partial charge in [-0.25, -0.2) is 4.79 Å². The molecule has 1 saturated carbocycles. The highest BCUT2D eigenvalue weighted by molar-refractivity contribution is 5.94. The molecule has 3 aliphatic rings. The molecular formula is C18H23N7O2. The van der Waals surface area contributed by atoms with Crippen molar-refractivity contribution in [3.63, 3.8) is 0 Å². The maximum atomic E-state index is 12.7.